The first-order chi connectivity index (χ1) is 10.7. The molecule has 0 radical (unpaired) electrons. The van der Waals surface area contributed by atoms with Gasteiger partial charge < -0.3 is 5.32 Å². The monoisotopic (exact) mass is 361 g/mol. The number of amides is 1. The van der Waals surface area contributed by atoms with E-state index in [4.69, 9.17) is 0 Å². The van der Waals surface area contributed by atoms with Gasteiger partial charge in [0, 0.05) is 17.0 Å². The molecule has 23 heavy (non-hydrogen) atoms. The van der Waals surface area contributed by atoms with Gasteiger partial charge in [-0.2, -0.15) is 11.8 Å². The zero-order valence-corrected chi connectivity index (χ0v) is 16.3. The third-order valence-electron chi connectivity index (χ3n) is 5.03. The molecule has 2 aliphatic rings. The van der Waals surface area contributed by atoms with E-state index in [9.17, 15) is 13.2 Å². The van der Waals surface area contributed by atoms with E-state index >= 15 is 0 Å². The summed E-state index contributed by atoms with van der Waals surface area (Å²) < 4.78 is 25.2. The third-order valence-corrected chi connectivity index (χ3v) is 9.34. The molecule has 0 aromatic carbocycles. The van der Waals surface area contributed by atoms with Crippen LogP contribution in [0.2, 0.25) is 0 Å². The number of sulfone groups is 1. The summed E-state index contributed by atoms with van der Waals surface area (Å²) in [5.74, 6) is 0.568. The van der Waals surface area contributed by atoms with E-state index in [0.29, 0.717) is 19.4 Å². The van der Waals surface area contributed by atoms with Gasteiger partial charge in [0.1, 0.15) is 0 Å². The molecule has 4 nitrogen and oxygen atoms in total. The van der Waals surface area contributed by atoms with Gasteiger partial charge >= 0.3 is 0 Å². The van der Waals surface area contributed by atoms with Crippen LogP contribution >= 0.6 is 11.8 Å². The van der Waals surface area contributed by atoms with Crippen molar-refractivity contribution in [2.24, 2.45) is 0 Å². The Kier molecular flexibility index (Phi) is 6.10. The maximum atomic E-state index is 13.1. The van der Waals surface area contributed by atoms with Crippen molar-refractivity contribution in [3.05, 3.63) is 0 Å². The van der Waals surface area contributed by atoms with E-state index in [1.165, 1.54) is 0 Å². The van der Waals surface area contributed by atoms with E-state index in [1.54, 1.807) is 11.8 Å². The Morgan fingerprint density at radius 2 is 1.74 bits per heavy atom. The van der Waals surface area contributed by atoms with Crippen LogP contribution in [0.15, 0.2) is 0 Å². The van der Waals surface area contributed by atoms with Gasteiger partial charge in [-0.1, -0.05) is 40.0 Å². The molecule has 0 aromatic heterocycles. The average Bonchev–Trinajstić information content (AvgIpc) is 2.42. The van der Waals surface area contributed by atoms with Crippen LogP contribution in [-0.4, -0.2) is 41.4 Å². The molecule has 2 saturated carbocycles. The van der Waals surface area contributed by atoms with Crippen molar-refractivity contribution >= 4 is 27.5 Å². The normalized spacial score (nSPS) is 22.4. The molecule has 0 aliphatic heterocycles. The first kappa shape index (κ1) is 19.1. The Labute approximate surface area is 145 Å². The Balaban J connectivity index is 1.97. The Hall–Kier alpha value is -0.230. The number of carbonyl (C=O) groups excluding carboxylic acids is 1. The van der Waals surface area contributed by atoms with Crippen LogP contribution in [0, 0.1) is 0 Å². The standard InChI is InChI=1S/C17H31NO3S2/c1-16(2,3)22-13-12-18-15(19)17(10-7-11-17)23(20,21)14-8-5-4-6-9-14/h14H,4-13H2,1-3H3,(H,18,19). The fraction of sp³-hybridized carbons (Fsp3) is 0.941. The lowest BCUT2D eigenvalue weighted by Crippen LogP contribution is -2.60. The second-order valence-corrected chi connectivity index (χ2v) is 12.3. The Morgan fingerprint density at radius 3 is 2.22 bits per heavy atom. The SMILES string of the molecule is CC(C)(C)SCCNC(=O)C1(S(=O)(=O)C2CCCCC2)CCC1. The average molecular weight is 362 g/mol. The largest absolute Gasteiger partial charge is 0.354 e. The number of nitrogens with one attached hydrogen (secondary N) is 1. The maximum absolute atomic E-state index is 13.1. The summed E-state index contributed by atoms with van der Waals surface area (Å²) in [6.45, 7) is 6.96. The van der Waals surface area contributed by atoms with Crippen LogP contribution in [0.3, 0.4) is 0 Å². The van der Waals surface area contributed by atoms with Gasteiger partial charge in [-0.15, -0.1) is 0 Å². The van der Waals surface area contributed by atoms with Crippen molar-refractivity contribution in [1.29, 1.82) is 0 Å². The highest BCUT2D eigenvalue weighted by Crippen LogP contribution is 2.44. The number of hydrogen-bond donors (Lipinski definition) is 1. The number of thioether (sulfide) groups is 1. The molecule has 0 bridgehead atoms. The summed E-state index contributed by atoms with van der Waals surface area (Å²) in [5, 5.41) is 2.60. The Bertz CT molecular complexity index is 512. The maximum Gasteiger partial charge on any atom is 0.241 e. The van der Waals surface area contributed by atoms with Crippen LogP contribution in [-0.2, 0) is 14.6 Å². The lowest BCUT2D eigenvalue weighted by Gasteiger charge is -2.42. The minimum atomic E-state index is -3.37. The van der Waals surface area contributed by atoms with E-state index < -0.39 is 14.6 Å². The molecule has 0 heterocycles. The van der Waals surface area contributed by atoms with Crippen molar-refractivity contribution in [1.82, 2.24) is 5.32 Å². The zero-order chi connectivity index (χ0) is 17.1. The molecule has 2 fully saturated rings. The van der Waals surface area contributed by atoms with Crippen LogP contribution in [0.4, 0.5) is 0 Å². The second-order valence-electron chi connectivity index (χ2n) is 7.87. The molecule has 1 amide bonds. The van der Waals surface area contributed by atoms with Crippen molar-refractivity contribution in [2.45, 2.75) is 86.9 Å². The minimum Gasteiger partial charge on any atom is -0.354 e. The summed E-state index contributed by atoms with van der Waals surface area (Å²) in [6, 6.07) is 0. The molecular formula is C17H31NO3S2. The molecule has 1 N–H and O–H groups in total. The third kappa shape index (κ3) is 4.25. The summed E-state index contributed by atoms with van der Waals surface area (Å²) in [4.78, 5) is 12.7. The van der Waals surface area contributed by atoms with Gasteiger partial charge in [-0.25, -0.2) is 8.42 Å². The number of rotatable bonds is 6. The van der Waals surface area contributed by atoms with Crippen LogP contribution in [0.25, 0.3) is 0 Å². The summed E-state index contributed by atoms with van der Waals surface area (Å²) in [5.41, 5.74) is 0. The van der Waals surface area contributed by atoms with E-state index in [0.717, 1.165) is 44.3 Å². The molecule has 2 aliphatic carbocycles. The van der Waals surface area contributed by atoms with E-state index in [1.807, 2.05) is 0 Å². The molecular weight excluding hydrogens is 330 g/mol. The molecule has 0 unspecified atom stereocenters. The minimum absolute atomic E-state index is 0.160. The molecule has 0 saturated heterocycles. The van der Waals surface area contributed by atoms with Gasteiger partial charge in [0.2, 0.25) is 5.91 Å². The zero-order valence-electron chi connectivity index (χ0n) is 14.7. The first-order valence-electron chi connectivity index (χ1n) is 8.85. The predicted molar refractivity (Wildman–Crippen MR) is 97.6 cm³/mol. The van der Waals surface area contributed by atoms with Gasteiger partial charge in [-0.3, -0.25) is 4.79 Å². The molecule has 134 valence electrons. The lowest BCUT2D eigenvalue weighted by atomic mass is 9.83. The van der Waals surface area contributed by atoms with E-state index in [2.05, 4.69) is 26.1 Å². The molecule has 0 atom stereocenters. The van der Waals surface area contributed by atoms with Crippen LogP contribution in [0.1, 0.15) is 72.1 Å². The summed E-state index contributed by atoms with van der Waals surface area (Å²) in [6.07, 6.45) is 6.39. The number of hydrogen-bond acceptors (Lipinski definition) is 4. The van der Waals surface area contributed by atoms with Crippen molar-refractivity contribution < 1.29 is 13.2 Å². The van der Waals surface area contributed by atoms with Gasteiger partial charge in [0.05, 0.1) is 5.25 Å². The smallest absolute Gasteiger partial charge is 0.241 e. The summed E-state index contributed by atoms with van der Waals surface area (Å²) >= 11 is 1.78. The molecule has 2 rings (SSSR count). The summed E-state index contributed by atoms with van der Waals surface area (Å²) in [7, 11) is -3.37. The van der Waals surface area contributed by atoms with Crippen molar-refractivity contribution in [3.8, 4) is 0 Å². The quantitative estimate of drug-likeness (QED) is 0.737. The van der Waals surface area contributed by atoms with Crippen LogP contribution < -0.4 is 5.32 Å². The van der Waals surface area contributed by atoms with Crippen molar-refractivity contribution in [3.63, 3.8) is 0 Å². The highest BCUT2D eigenvalue weighted by Gasteiger charge is 2.57. The first-order valence-corrected chi connectivity index (χ1v) is 11.4. The molecule has 0 spiro atoms. The van der Waals surface area contributed by atoms with E-state index in [-0.39, 0.29) is 15.9 Å². The fourth-order valence-corrected chi connectivity index (χ4v) is 7.11. The van der Waals surface area contributed by atoms with Crippen molar-refractivity contribution in [2.75, 3.05) is 12.3 Å². The predicted octanol–water partition coefficient (Wildman–Crippen LogP) is 3.30. The van der Waals surface area contributed by atoms with Gasteiger partial charge in [-0.05, 0) is 32.1 Å². The second kappa shape index (κ2) is 7.34. The van der Waals surface area contributed by atoms with Crippen LogP contribution in [0.5, 0.6) is 0 Å². The Morgan fingerprint density at radius 1 is 1.13 bits per heavy atom. The molecule has 6 heteroatoms. The fourth-order valence-electron chi connectivity index (χ4n) is 3.52. The topological polar surface area (TPSA) is 63.2 Å². The van der Waals surface area contributed by atoms with Gasteiger partial charge in [0.15, 0.2) is 14.6 Å². The lowest BCUT2D eigenvalue weighted by molar-refractivity contribution is -0.125. The molecule has 0 aromatic rings. The highest BCUT2D eigenvalue weighted by molar-refractivity contribution is 8.00. The highest BCUT2D eigenvalue weighted by atomic mass is 32.2. The number of carbonyl (C=O) groups is 1. The van der Waals surface area contributed by atoms with Gasteiger partial charge in [0.25, 0.3) is 0 Å².